The molecule has 1 saturated heterocycles. The van der Waals surface area contributed by atoms with E-state index in [1.807, 2.05) is 18.2 Å². The van der Waals surface area contributed by atoms with Crippen molar-refractivity contribution in [1.29, 1.82) is 0 Å². The number of nitrogens with one attached hydrogen (secondary N) is 2. The van der Waals surface area contributed by atoms with Gasteiger partial charge in [-0.1, -0.05) is 6.07 Å². The predicted octanol–water partition coefficient (Wildman–Crippen LogP) is 2.97. The van der Waals surface area contributed by atoms with Crippen LogP contribution in [-0.2, 0) is 20.9 Å². The molecule has 7 nitrogen and oxygen atoms in total. The lowest BCUT2D eigenvalue weighted by Crippen LogP contribution is -2.55. The second kappa shape index (κ2) is 9.87. The number of fused-ring (bicyclic) bond motifs is 1. The van der Waals surface area contributed by atoms with Gasteiger partial charge in [0.2, 0.25) is 11.8 Å². The van der Waals surface area contributed by atoms with Crippen molar-refractivity contribution in [2.24, 2.45) is 23.7 Å². The average molecular weight is 498 g/mol. The quantitative estimate of drug-likeness (QED) is 0.310. The Kier molecular flexibility index (Phi) is 6.62. The summed E-state index contributed by atoms with van der Waals surface area (Å²) >= 11 is 1.70. The maximum atomic E-state index is 13.0. The van der Waals surface area contributed by atoms with Gasteiger partial charge in [-0.3, -0.25) is 19.7 Å². The van der Waals surface area contributed by atoms with Crippen LogP contribution in [-0.4, -0.2) is 60.2 Å². The van der Waals surface area contributed by atoms with Gasteiger partial charge in [-0.2, -0.15) is 0 Å². The Morgan fingerprint density at radius 2 is 1.80 bits per heavy atom. The van der Waals surface area contributed by atoms with Gasteiger partial charge in [0.1, 0.15) is 6.04 Å². The zero-order chi connectivity index (χ0) is 23.9. The Balaban J connectivity index is 0.948. The van der Waals surface area contributed by atoms with Crippen LogP contribution in [0.5, 0.6) is 0 Å². The number of carbonyl (C=O) groups is 3. The topological polar surface area (TPSA) is 87.7 Å². The van der Waals surface area contributed by atoms with E-state index in [1.54, 1.807) is 16.7 Å². The lowest BCUT2D eigenvalue weighted by Gasteiger charge is -2.54. The third-order valence-corrected chi connectivity index (χ3v) is 9.94. The van der Waals surface area contributed by atoms with Gasteiger partial charge >= 0.3 is 0 Å². The Bertz CT molecular complexity index is 986. The first-order valence-corrected chi connectivity index (χ1v) is 14.3. The van der Waals surface area contributed by atoms with Crippen LogP contribution in [0, 0.1) is 23.7 Å². The molecule has 5 fully saturated rings. The molecule has 188 valence electrons. The van der Waals surface area contributed by atoms with Gasteiger partial charge in [-0.25, -0.2) is 0 Å². The molecular weight excluding hydrogens is 462 g/mol. The number of hydrogen-bond donors (Lipinski definition) is 2. The molecule has 4 bridgehead atoms. The Labute approximate surface area is 211 Å². The molecule has 1 aromatic rings. The molecule has 7 rings (SSSR count). The standard InChI is InChI=1S/C27H35N3O4S/c31-24-5-4-22(26(32)29-24)30-15-21-20(27(30)33)2-1-3-23(21)35-9-8-34-7-6-28-25-18-11-16-10-17(13-18)14-19(25)12-16/h1-3,16-19,22,25,28H,4-15H2,(H,29,31,32). The van der Waals surface area contributed by atoms with Gasteiger partial charge in [0, 0.05) is 41.8 Å². The second-order valence-electron chi connectivity index (χ2n) is 11.1. The molecule has 4 aliphatic carbocycles. The average Bonchev–Trinajstić information content (AvgIpc) is 3.16. The molecule has 2 N–H and O–H groups in total. The lowest BCUT2D eigenvalue weighted by molar-refractivity contribution is -0.136. The van der Waals surface area contributed by atoms with E-state index in [0.717, 1.165) is 53.0 Å². The van der Waals surface area contributed by atoms with E-state index in [9.17, 15) is 14.4 Å². The highest BCUT2D eigenvalue weighted by atomic mass is 32.2. The molecule has 4 saturated carbocycles. The molecule has 8 heteroatoms. The van der Waals surface area contributed by atoms with Crippen molar-refractivity contribution >= 4 is 29.5 Å². The van der Waals surface area contributed by atoms with Crippen molar-refractivity contribution in [3.8, 4) is 0 Å². The van der Waals surface area contributed by atoms with Gasteiger partial charge in [0.25, 0.3) is 5.91 Å². The van der Waals surface area contributed by atoms with Crippen molar-refractivity contribution in [2.45, 2.75) is 68.5 Å². The normalized spacial score (nSPS) is 33.4. The molecule has 2 heterocycles. The van der Waals surface area contributed by atoms with Crippen molar-refractivity contribution in [2.75, 3.05) is 25.5 Å². The predicted molar refractivity (Wildman–Crippen MR) is 133 cm³/mol. The summed E-state index contributed by atoms with van der Waals surface area (Å²) in [5, 5.41) is 6.19. The highest BCUT2D eigenvalue weighted by Crippen LogP contribution is 2.53. The maximum Gasteiger partial charge on any atom is 0.255 e. The first-order chi connectivity index (χ1) is 17.1. The van der Waals surface area contributed by atoms with E-state index < -0.39 is 6.04 Å². The molecule has 3 amide bonds. The smallest absolute Gasteiger partial charge is 0.255 e. The number of hydrogen-bond acceptors (Lipinski definition) is 6. The molecule has 1 unspecified atom stereocenters. The van der Waals surface area contributed by atoms with Crippen molar-refractivity contribution < 1.29 is 19.1 Å². The molecule has 0 radical (unpaired) electrons. The highest BCUT2D eigenvalue weighted by molar-refractivity contribution is 7.99. The molecule has 0 spiro atoms. The number of piperidine rings is 1. The van der Waals surface area contributed by atoms with Gasteiger partial charge in [-0.15, -0.1) is 11.8 Å². The number of ether oxygens (including phenoxy) is 1. The summed E-state index contributed by atoms with van der Waals surface area (Å²) in [5.41, 5.74) is 1.65. The zero-order valence-electron chi connectivity index (χ0n) is 20.2. The van der Waals surface area contributed by atoms with Crippen LogP contribution >= 0.6 is 11.8 Å². The third kappa shape index (κ3) is 4.65. The fourth-order valence-electron chi connectivity index (χ4n) is 7.56. The van der Waals surface area contributed by atoms with Crippen LogP contribution in [0.2, 0.25) is 0 Å². The van der Waals surface area contributed by atoms with Gasteiger partial charge in [-0.05, 0) is 79.9 Å². The van der Waals surface area contributed by atoms with Gasteiger partial charge < -0.3 is 15.0 Å². The summed E-state index contributed by atoms with van der Waals surface area (Å²) in [6.07, 6.45) is 7.90. The molecular formula is C27H35N3O4S. The number of imide groups is 1. The van der Waals surface area contributed by atoms with Crippen LogP contribution in [0.4, 0.5) is 0 Å². The number of thioether (sulfide) groups is 1. The third-order valence-electron chi connectivity index (χ3n) is 8.88. The molecule has 1 atom stereocenters. The van der Waals surface area contributed by atoms with Gasteiger partial charge in [0.05, 0.1) is 13.2 Å². The summed E-state index contributed by atoms with van der Waals surface area (Å²) in [6, 6.07) is 5.91. The summed E-state index contributed by atoms with van der Waals surface area (Å²) in [6.45, 7) is 2.74. The highest BCUT2D eigenvalue weighted by Gasteiger charge is 2.47. The minimum Gasteiger partial charge on any atom is -0.379 e. The summed E-state index contributed by atoms with van der Waals surface area (Å²) in [4.78, 5) is 39.4. The first-order valence-electron chi connectivity index (χ1n) is 13.3. The van der Waals surface area contributed by atoms with E-state index in [0.29, 0.717) is 31.2 Å². The van der Waals surface area contributed by atoms with Gasteiger partial charge in [0.15, 0.2) is 0 Å². The molecule has 35 heavy (non-hydrogen) atoms. The number of rotatable bonds is 9. The molecule has 2 aliphatic heterocycles. The minimum atomic E-state index is -0.573. The largest absolute Gasteiger partial charge is 0.379 e. The van der Waals surface area contributed by atoms with E-state index in [1.165, 1.54) is 32.1 Å². The van der Waals surface area contributed by atoms with E-state index in [-0.39, 0.29) is 24.1 Å². The monoisotopic (exact) mass is 497 g/mol. The van der Waals surface area contributed by atoms with E-state index >= 15 is 0 Å². The molecule has 0 aromatic heterocycles. The Morgan fingerprint density at radius 1 is 1.03 bits per heavy atom. The fourth-order valence-corrected chi connectivity index (χ4v) is 8.51. The fraction of sp³-hybridized carbons (Fsp3) is 0.667. The molecule has 6 aliphatic rings. The van der Waals surface area contributed by atoms with Crippen LogP contribution in [0.25, 0.3) is 0 Å². The van der Waals surface area contributed by atoms with Crippen LogP contribution in [0.3, 0.4) is 0 Å². The summed E-state index contributed by atoms with van der Waals surface area (Å²) in [5.74, 6) is 3.87. The zero-order valence-corrected chi connectivity index (χ0v) is 21.0. The van der Waals surface area contributed by atoms with Crippen LogP contribution in [0.1, 0.15) is 60.9 Å². The second-order valence-corrected chi connectivity index (χ2v) is 12.2. The van der Waals surface area contributed by atoms with E-state index in [2.05, 4.69) is 10.6 Å². The number of carbonyl (C=O) groups excluding carboxylic acids is 3. The summed E-state index contributed by atoms with van der Waals surface area (Å²) in [7, 11) is 0. The maximum absolute atomic E-state index is 13.0. The summed E-state index contributed by atoms with van der Waals surface area (Å²) < 4.78 is 5.93. The van der Waals surface area contributed by atoms with Crippen LogP contribution < -0.4 is 10.6 Å². The van der Waals surface area contributed by atoms with E-state index in [4.69, 9.17) is 4.74 Å². The first kappa shape index (κ1) is 23.5. The van der Waals surface area contributed by atoms with Crippen molar-refractivity contribution in [3.63, 3.8) is 0 Å². The molecule has 1 aromatic carbocycles. The Hall–Kier alpha value is -1.90. The number of benzene rings is 1. The SMILES string of the molecule is O=C1CCC(N2Cc3c(SCCOCCNC4C5CC6CC(C5)CC4C6)cccc3C2=O)C(=O)N1. The number of amides is 3. The van der Waals surface area contributed by atoms with Crippen molar-refractivity contribution in [3.05, 3.63) is 29.3 Å². The van der Waals surface area contributed by atoms with Crippen molar-refractivity contribution in [1.82, 2.24) is 15.5 Å². The van der Waals surface area contributed by atoms with Crippen LogP contribution in [0.15, 0.2) is 23.1 Å². The minimum absolute atomic E-state index is 0.121. The number of nitrogens with zero attached hydrogens (tertiary/aromatic N) is 1. The Morgan fingerprint density at radius 3 is 2.54 bits per heavy atom. The lowest BCUT2D eigenvalue weighted by atomic mass is 9.54.